The Hall–Kier alpha value is -5.69. The predicted octanol–water partition coefficient (Wildman–Crippen LogP) is 4.76. The topological polar surface area (TPSA) is 123 Å². The minimum absolute atomic E-state index is 0.0168. The quantitative estimate of drug-likeness (QED) is 0.236. The second-order valence-electron chi connectivity index (χ2n) is 10.0. The summed E-state index contributed by atoms with van der Waals surface area (Å²) in [6, 6.07) is 19.9. The smallest absolute Gasteiger partial charge is 0.295 e. The third-order valence-electron chi connectivity index (χ3n) is 6.91. The molecule has 0 saturated heterocycles. The second-order valence-corrected chi connectivity index (χ2v) is 10.0. The zero-order valence-corrected chi connectivity index (χ0v) is 23.8. The number of rotatable bonds is 6. The van der Waals surface area contributed by atoms with Crippen molar-refractivity contribution in [3.8, 4) is 23.4 Å². The summed E-state index contributed by atoms with van der Waals surface area (Å²) in [5.41, 5.74) is 2.66. The summed E-state index contributed by atoms with van der Waals surface area (Å²) >= 11 is 0. The summed E-state index contributed by atoms with van der Waals surface area (Å²) in [7, 11) is 1.70. The standard InChI is InChI=1S/C32H28N6O4/c1-19-14-20(2)16-25(15-19)42-30-26(31(40)37-13-9-10-21(3)28(37)35-30)17-23(18-33)29(39)34-27-22(4)36(5)38(32(27)41)24-11-7-6-8-12-24/h6-17H,1-5H3,(H,34,39)/b23-17+. The number of carbonyl (C=O) groups excluding carboxylic acids is 1. The minimum atomic E-state index is -0.852. The molecule has 5 aromatic rings. The highest BCUT2D eigenvalue weighted by atomic mass is 16.5. The van der Waals surface area contributed by atoms with Gasteiger partial charge in [0.1, 0.15) is 34.3 Å². The molecule has 5 rings (SSSR count). The zero-order chi connectivity index (χ0) is 30.1. The number of nitrogens with zero attached hydrogens (tertiary/aromatic N) is 5. The maximum atomic E-state index is 13.7. The van der Waals surface area contributed by atoms with E-state index in [2.05, 4.69) is 10.3 Å². The average molecular weight is 561 g/mol. The first-order valence-electron chi connectivity index (χ1n) is 13.1. The van der Waals surface area contributed by atoms with Gasteiger partial charge in [-0.05, 0) is 80.8 Å². The van der Waals surface area contributed by atoms with Crippen LogP contribution in [0.3, 0.4) is 0 Å². The summed E-state index contributed by atoms with van der Waals surface area (Å²) in [6.45, 7) is 7.34. The average Bonchev–Trinajstić information content (AvgIpc) is 3.16. The van der Waals surface area contributed by atoms with Gasteiger partial charge in [-0.15, -0.1) is 0 Å². The van der Waals surface area contributed by atoms with Crippen LogP contribution in [0.2, 0.25) is 0 Å². The Kier molecular flexibility index (Phi) is 7.34. The third kappa shape index (κ3) is 5.11. The fourth-order valence-electron chi connectivity index (χ4n) is 4.78. The molecule has 3 aromatic heterocycles. The van der Waals surface area contributed by atoms with Crippen LogP contribution in [0.4, 0.5) is 5.69 Å². The van der Waals surface area contributed by atoms with Gasteiger partial charge < -0.3 is 10.1 Å². The van der Waals surface area contributed by atoms with Crippen LogP contribution in [0.15, 0.2) is 82.0 Å². The number of anilines is 1. The van der Waals surface area contributed by atoms with Crippen LogP contribution in [0.25, 0.3) is 17.4 Å². The van der Waals surface area contributed by atoms with Gasteiger partial charge in [-0.1, -0.05) is 30.3 Å². The Labute approximate surface area is 241 Å². The van der Waals surface area contributed by atoms with Crippen molar-refractivity contribution in [3.05, 3.63) is 121 Å². The van der Waals surface area contributed by atoms with Crippen molar-refractivity contribution in [3.63, 3.8) is 0 Å². The molecule has 0 unspecified atom stereocenters. The van der Waals surface area contributed by atoms with Crippen LogP contribution in [0.5, 0.6) is 11.6 Å². The summed E-state index contributed by atoms with van der Waals surface area (Å²) < 4.78 is 10.5. The maximum Gasteiger partial charge on any atom is 0.295 e. The van der Waals surface area contributed by atoms with Gasteiger partial charge in [0.25, 0.3) is 17.0 Å². The van der Waals surface area contributed by atoms with Crippen molar-refractivity contribution >= 4 is 23.3 Å². The number of hydrogen-bond acceptors (Lipinski definition) is 6. The van der Waals surface area contributed by atoms with Crippen LogP contribution < -0.4 is 21.2 Å². The Balaban J connectivity index is 1.61. The van der Waals surface area contributed by atoms with E-state index in [4.69, 9.17) is 4.74 Å². The van der Waals surface area contributed by atoms with Gasteiger partial charge >= 0.3 is 0 Å². The number of aryl methyl sites for hydroxylation is 3. The van der Waals surface area contributed by atoms with E-state index in [1.165, 1.54) is 9.08 Å². The van der Waals surface area contributed by atoms with Gasteiger partial charge in [-0.3, -0.25) is 23.5 Å². The highest BCUT2D eigenvalue weighted by Crippen LogP contribution is 2.27. The number of para-hydroxylation sites is 1. The molecule has 0 saturated carbocycles. The number of hydrogen-bond donors (Lipinski definition) is 1. The van der Waals surface area contributed by atoms with Crippen molar-refractivity contribution < 1.29 is 9.53 Å². The van der Waals surface area contributed by atoms with Gasteiger partial charge in [0.15, 0.2) is 0 Å². The molecule has 1 amide bonds. The molecular weight excluding hydrogens is 532 g/mol. The minimum Gasteiger partial charge on any atom is -0.438 e. The van der Waals surface area contributed by atoms with Gasteiger partial charge in [0.05, 0.1) is 11.4 Å². The van der Waals surface area contributed by atoms with Gasteiger partial charge in [-0.25, -0.2) is 4.68 Å². The van der Waals surface area contributed by atoms with Crippen LogP contribution in [0.1, 0.15) is 27.9 Å². The molecule has 0 bridgehead atoms. The number of nitrogens with one attached hydrogen (secondary N) is 1. The number of nitriles is 1. The lowest BCUT2D eigenvalue weighted by Crippen LogP contribution is -2.24. The Morgan fingerprint density at radius 2 is 1.67 bits per heavy atom. The van der Waals surface area contributed by atoms with Crippen molar-refractivity contribution in [2.75, 3.05) is 5.32 Å². The largest absolute Gasteiger partial charge is 0.438 e. The first-order chi connectivity index (χ1) is 20.1. The lowest BCUT2D eigenvalue weighted by molar-refractivity contribution is -0.112. The SMILES string of the molecule is Cc1cc(C)cc(Oc2nc3c(C)cccn3c(=O)c2/C=C(\C#N)C(=O)Nc2c(C)n(C)n(-c3ccccc3)c2=O)c1. The van der Waals surface area contributed by atoms with Gasteiger partial charge in [0, 0.05) is 13.2 Å². The van der Waals surface area contributed by atoms with E-state index >= 15 is 0 Å². The predicted molar refractivity (Wildman–Crippen MR) is 160 cm³/mol. The highest BCUT2D eigenvalue weighted by Gasteiger charge is 2.22. The molecule has 10 heteroatoms. The Morgan fingerprint density at radius 3 is 2.33 bits per heavy atom. The van der Waals surface area contributed by atoms with E-state index in [0.29, 0.717) is 22.8 Å². The van der Waals surface area contributed by atoms with E-state index in [1.54, 1.807) is 67.3 Å². The fraction of sp³-hybridized carbons (Fsp3) is 0.156. The highest BCUT2D eigenvalue weighted by molar-refractivity contribution is 6.10. The molecule has 10 nitrogen and oxygen atoms in total. The number of fused-ring (bicyclic) bond motifs is 1. The summed E-state index contributed by atoms with van der Waals surface area (Å²) in [5.74, 6) is -0.451. The lowest BCUT2D eigenvalue weighted by atomic mass is 10.1. The third-order valence-corrected chi connectivity index (χ3v) is 6.91. The first kappa shape index (κ1) is 27.9. The van der Waals surface area contributed by atoms with Gasteiger partial charge in [-0.2, -0.15) is 10.2 Å². The molecule has 0 spiro atoms. The molecule has 0 aliphatic carbocycles. The van der Waals surface area contributed by atoms with E-state index in [1.807, 2.05) is 45.0 Å². The molecule has 2 aromatic carbocycles. The Bertz CT molecular complexity index is 2040. The summed E-state index contributed by atoms with van der Waals surface area (Å²) in [4.78, 5) is 44.9. The number of pyridine rings is 1. The lowest BCUT2D eigenvalue weighted by Gasteiger charge is -2.12. The number of amides is 1. The maximum absolute atomic E-state index is 13.7. The van der Waals surface area contributed by atoms with E-state index in [9.17, 15) is 19.6 Å². The molecule has 0 fully saturated rings. The molecule has 0 aliphatic rings. The van der Waals surface area contributed by atoms with Crippen LogP contribution in [-0.2, 0) is 11.8 Å². The number of aromatic nitrogens is 4. The van der Waals surface area contributed by atoms with E-state index < -0.39 is 22.6 Å². The number of benzene rings is 2. The monoisotopic (exact) mass is 560 g/mol. The summed E-state index contributed by atoms with van der Waals surface area (Å²) in [5, 5.41) is 12.6. The van der Waals surface area contributed by atoms with Gasteiger partial charge in [0.2, 0.25) is 5.88 Å². The zero-order valence-electron chi connectivity index (χ0n) is 23.8. The van der Waals surface area contributed by atoms with E-state index in [0.717, 1.165) is 22.8 Å². The fourth-order valence-corrected chi connectivity index (χ4v) is 4.78. The normalized spacial score (nSPS) is 11.4. The number of ether oxygens (including phenoxy) is 1. The molecule has 42 heavy (non-hydrogen) atoms. The van der Waals surface area contributed by atoms with Crippen molar-refractivity contribution in [1.29, 1.82) is 5.26 Å². The Morgan fingerprint density at radius 1 is 0.976 bits per heavy atom. The number of carbonyl (C=O) groups is 1. The first-order valence-corrected chi connectivity index (χ1v) is 13.1. The summed E-state index contributed by atoms with van der Waals surface area (Å²) in [6.07, 6.45) is 2.70. The molecule has 0 aliphatic heterocycles. The van der Waals surface area contributed by atoms with Crippen LogP contribution >= 0.6 is 0 Å². The molecule has 210 valence electrons. The van der Waals surface area contributed by atoms with Crippen LogP contribution in [0, 0.1) is 39.0 Å². The van der Waals surface area contributed by atoms with E-state index in [-0.39, 0.29) is 17.1 Å². The molecule has 3 heterocycles. The van der Waals surface area contributed by atoms with Crippen molar-refractivity contribution in [1.82, 2.24) is 18.7 Å². The molecule has 0 radical (unpaired) electrons. The van der Waals surface area contributed by atoms with Crippen molar-refractivity contribution in [2.24, 2.45) is 7.05 Å². The molecule has 1 N–H and O–H groups in total. The van der Waals surface area contributed by atoms with Crippen molar-refractivity contribution in [2.45, 2.75) is 27.7 Å². The second kappa shape index (κ2) is 11.1. The molecule has 0 atom stereocenters. The van der Waals surface area contributed by atoms with Crippen LogP contribution in [-0.4, -0.2) is 24.7 Å². The molecular formula is C32H28N6O4.